The van der Waals surface area contributed by atoms with Gasteiger partial charge in [-0.05, 0) is 18.1 Å². The minimum atomic E-state index is -0.0725. The topological polar surface area (TPSA) is 54.5 Å². The third kappa shape index (κ3) is 3.62. The van der Waals surface area contributed by atoms with Crippen molar-refractivity contribution in [2.45, 2.75) is 19.9 Å². The van der Waals surface area contributed by atoms with Crippen LogP contribution in [-0.4, -0.2) is 36.6 Å². The van der Waals surface area contributed by atoms with Gasteiger partial charge in [0, 0.05) is 31.6 Å². The van der Waals surface area contributed by atoms with Crippen molar-refractivity contribution >= 4 is 16.9 Å². The summed E-state index contributed by atoms with van der Waals surface area (Å²) in [5.74, 6) is 0.555. The molecule has 0 fully saturated rings. The monoisotopic (exact) mass is 287 g/mol. The molecule has 1 aromatic heterocycles. The zero-order valence-electron chi connectivity index (χ0n) is 12.7. The standard InChI is InChI=1S/C16H21N3O2/c1-4-9-19(2)16(20)17-11-12-10-15(21-3)18-14-8-6-5-7-13(12)14/h5-8,10H,4,9,11H2,1-3H3,(H,17,20). The molecule has 2 aromatic rings. The van der Waals surface area contributed by atoms with E-state index in [0.717, 1.165) is 29.4 Å². The summed E-state index contributed by atoms with van der Waals surface area (Å²) in [5.41, 5.74) is 1.86. The number of urea groups is 1. The van der Waals surface area contributed by atoms with Gasteiger partial charge in [-0.1, -0.05) is 25.1 Å². The van der Waals surface area contributed by atoms with Crippen molar-refractivity contribution in [2.24, 2.45) is 0 Å². The van der Waals surface area contributed by atoms with Crippen LogP contribution in [0.3, 0.4) is 0 Å². The molecule has 5 nitrogen and oxygen atoms in total. The first-order valence-electron chi connectivity index (χ1n) is 7.07. The number of amides is 2. The zero-order chi connectivity index (χ0) is 15.2. The Kier molecular flexibility index (Phi) is 4.98. The Balaban J connectivity index is 2.19. The lowest BCUT2D eigenvalue weighted by molar-refractivity contribution is 0.208. The van der Waals surface area contributed by atoms with Gasteiger partial charge in [0.1, 0.15) is 0 Å². The maximum Gasteiger partial charge on any atom is 0.317 e. The van der Waals surface area contributed by atoms with Gasteiger partial charge < -0.3 is 15.0 Å². The first kappa shape index (κ1) is 15.1. The van der Waals surface area contributed by atoms with E-state index >= 15 is 0 Å². The molecule has 2 rings (SSSR count). The molecular weight excluding hydrogens is 266 g/mol. The molecule has 0 radical (unpaired) electrons. The minimum absolute atomic E-state index is 0.0725. The molecule has 0 saturated carbocycles. The third-order valence-corrected chi connectivity index (χ3v) is 3.32. The Bertz CT molecular complexity index is 628. The molecule has 2 amide bonds. The first-order valence-corrected chi connectivity index (χ1v) is 7.07. The molecule has 1 N–H and O–H groups in total. The van der Waals surface area contributed by atoms with E-state index in [0.29, 0.717) is 12.4 Å². The van der Waals surface area contributed by atoms with Gasteiger partial charge in [0.2, 0.25) is 5.88 Å². The van der Waals surface area contributed by atoms with E-state index in [4.69, 9.17) is 4.74 Å². The van der Waals surface area contributed by atoms with Crippen molar-refractivity contribution < 1.29 is 9.53 Å². The van der Waals surface area contributed by atoms with Crippen LogP contribution in [0.4, 0.5) is 4.79 Å². The average Bonchev–Trinajstić information content (AvgIpc) is 2.52. The molecule has 0 spiro atoms. The average molecular weight is 287 g/mol. The summed E-state index contributed by atoms with van der Waals surface area (Å²) in [4.78, 5) is 18.0. The van der Waals surface area contributed by atoms with Gasteiger partial charge >= 0.3 is 6.03 Å². The van der Waals surface area contributed by atoms with Crippen molar-refractivity contribution in [3.05, 3.63) is 35.9 Å². The smallest absolute Gasteiger partial charge is 0.317 e. The van der Waals surface area contributed by atoms with Gasteiger partial charge in [-0.15, -0.1) is 0 Å². The van der Waals surface area contributed by atoms with E-state index in [2.05, 4.69) is 10.3 Å². The van der Waals surface area contributed by atoms with E-state index in [9.17, 15) is 4.79 Å². The Morgan fingerprint density at radius 1 is 1.38 bits per heavy atom. The quantitative estimate of drug-likeness (QED) is 0.920. The molecule has 1 aromatic carbocycles. The van der Waals surface area contributed by atoms with E-state index < -0.39 is 0 Å². The Labute approximate surface area is 124 Å². The highest BCUT2D eigenvalue weighted by molar-refractivity contribution is 5.83. The van der Waals surface area contributed by atoms with Crippen molar-refractivity contribution in [1.82, 2.24) is 15.2 Å². The van der Waals surface area contributed by atoms with Gasteiger partial charge in [-0.2, -0.15) is 0 Å². The minimum Gasteiger partial charge on any atom is -0.481 e. The summed E-state index contributed by atoms with van der Waals surface area (Å²) in [6, 6.07) is 9.63. The van der Waals surface area contributed by atoms with E-state index in [-0.39, 0.29) is 6.03 Å². The van der Waals surface area contributed by atoms with Crippen molar-refractivity contribution in [3.8, 4) is 5.88 Å². The van der Waals surface area contributed by atoms with Crippen LogP contribution in [0.25, 0.3) is 10.9 Å². The van der Waals surface area contributed by atoms with Crippen molar-refractivity contribution in [3.63, 3.8) is 0 Å². The summed E-state index contributed by atoms with van der Waals surface area (Å²) in [6.45, 7) is 3.24. The van der Waals surface area contributed by atoms with Crippen LogP contribution in [0.5, 0.6) is 5.88 Å². The van der Waals surface area contributed by atoms with Crippen LogP contribution >= 0.6 is 0 Å². The van der Waals surface area contributed by atoms with Gasteiger partial charge in [0.15, 0.2) is 0 Å². The summed E-state index contributed by atoms with van der Waals surface area (Å²) in [6.07, 6.45) is 0.940. The second kappa shape index (κ2) is 6.92. The number of para-hydroxylation sites is 1. The number of hydrogen-bond donors (Lipinski definition) is 1. The zero-order valence-corrected chi connectivity index (χ0v) is 12.7. The molecule has 1 heterocycles. The van der Waals surface area contributed by atoms with Crippen LogP contribution < -0.4 is 10.1 Å². The van der Waals surface area contributed by atoms with Crippen molar-refractivity contribution in [1.29, 1.82) is 0 Å². The summed E-state index contributed by atoms with van der Waals surface area (Å²) in [7, 11) is 3.39. The molecule has 0 unspecified atom stereocenters. The molecule has 0 saturated heterocycles. The number of carbonyl (C=O) groups is 1. The predicted molar refractivity (Wildman–Crippen MR) is 83.5 cm³/mol. The number of aromatic nitrogens is 1. The first-order chi connectivity index (χ1) is 10.2. The van der Waals surface area contributed by atoms with Crippen LogP contribution in [0, 0.1) is 0 Å². The lowest BCUT2D eigenvalue weighted by atomic mass is 10.1. The van der Waals surface area contributed by atoms with Crippen LogP contribution in [0.1, 0.15) is 18.9 Å². The van der Waals surface area contributed by atoms with Gasteiger partial charge in [-0.3, -0.25) is 0 Å². The Morgan fingerprint density at radius 2 is 2.14 bits per heavy atom. The molecule has 5 heteroatoms. The van der Waals surface area contributed by atoms with Gasteiger partial charge in [0.25, 0.3) is 0 Å². The summed E-state index contributed by atoms with van der Waals surface area (Å²) >= 11 is 0. The number of fused-ring (bicyclic) bond motifs is 1. The predicted octanol–water partition coefficient (Wildman–Crippen LogP) is 2.79. The number of nitrogens with zero attached hydrogens (tertiary/aromatic N) is 2. The molecule has 0 aliphatic rings. The van der Waals surface area contributed by atoms with Crippen LogP contribution in [-0.2, 0) is 6.54 Å². The fourth-order valence-electron chi connectivity index (χ4n) is 2.21. The number of methoxy groups -OCH3 is 1. The molecule has 0 bridgehead atoms. The maximum atomic E-state index is 12.0. The van der Waals surface area contributed by atoms with E-state index in [1.807, 2.05) is 37.3 Å². The second-order valence-corrected chi connectivity index (χ2v) is 4.92. The molecule has 0 aliphatic carbocycles. The second-order valence-electron chi connectivity index (χ2n) is 4.92. The SMILES string of the molecule is CCCN(C)C(=O)NCc1cc(OC)nc2ccccc12. The largest absolute Gasteiger partial charge is 0.481 e. The number of rotatable bonds is 5. The normalized spacial score (nSPS) is 10.4. The van der Waals surface area contributed by atoms with Gasteiger partial charge in [-0.25, -0.2) is 9.78 Å². The van der Waals surface area contributed by atoms with Crippen LogP contribution in [0.2, 0.25) is 0 Å². The van der Waals surface area contributed by atoms with E-state index in [1.54, 1.807) is 19.1 Å². The number of carbonyl (C=O) groups excluding carboxylic acids is 1. The molecular formula is C16H21N3O2. The van der Waals surface area contributed by atoms with Crippen molar-refractivity contribution in [2.75, 3.05) is 20.7 Å². The van der Waals surface area contributed by atoms with E-state index in [1.165, 1.54) is 0 Å². The Hall–Kier alpha value is -2.30. The highest BCUT2D eigenvalue weighted by atomic mass is 16.5. The number of hydrogen-bond acceptors (Lipinski definition) is 3. The lowest BCUT2D eigenvalue weighted by Crippen LogP contribution is -2.37. The molecule has 112 valence electrons. The third-order valence-electron chi connectivity index (χ3n) is 3.32. The van der Waals surface area contributed by atoms with Crippen LogP contribution in [0.15, 0.2) is 30.3 Å². The maximum absolute atomic E-state index is 12.0. The fourth-order valence-corrected chi connectivity index (χ4v) is 2.21. The molecule has 21 heavy (non-hydrogen) atoms. The fraction of sp³-hybridized carbons (Fsp3) is 0.375. The lowest BCUT2D eigenvalue weighted by Gasteiger charge is -2.17. The molecule has 0 aliphatic heterocycles. The number of ether oxygens (including phenoxy) is 1. The highest BCUT2D eigenvalue weighted by Gasteiger charge is 2.10. The number of nitrogens with one attached hydrogen (secondary N) is 1. The summed E-state index contributed by atoms with van der Waals surface area (Å²) in [5, 5.41) is 3.96. The number of benzene rings is 1. The Morgan fingerprint density at radius 3 is 2.86 bits per heavy atom. The molecule has 0 atom stereocenters. The number of pyridine rings is 1. The summed E-state index contributed by atoms with van der Waals surface area (Å²) < 4.78 is 5.22. The van der Waals surface area contributed by atoms with Gasteiger partial charge in [0.05, 0.1) is 12.6 Å². The highest BCUT2D eigenvalue weighted by Crippen LogP contribution is 2.21.